The molecule has 1 aliphatic rings. The van der Waals surface area contributed by atoms with E-state index in [1.807, 2.05) is 13.8 Å². The van der Waals surface area contributed by atoms with Gasteiger partial charge in [-0.2, -0.15) is 13.2 Å². The molecule has 1 N–H and O–H groups in total. The van der Waals surface area contributed by atoms with Crippen molar-refractivity contribution >= 4 is 17.5 Å². The highest BCUT2D eigenvalue weighted by atomic mass is 19.4. The van der Waals surface area contributed by atoms with Crippen LogP contribution in [0.3, 0.4) is 0 Å². The Bertz CT molecular complexity index is 621. The third-order valence-electron chi connectivity index (χ3n) is 4.26. The Morgan fingerprint density at radius 1 is 1.24 bits per heavy atom. The molecule has 0 aliphatic carbocycles. The summed E-state index contributed by atoms with van der Waals surface area (Å²) in [5.41, 5.74) is -0.655. The SMILES string of the molecule is CC(C)CC(=O)N1CCC(C(=O)Nc2cccc(C(F)(F)F)c2)CC1. The number of anilines is 1. The number of carbonyl (C=O) groups excluding carboxylic acids is 2. The van der Waals surface area contributed by atoms with E-state index < -0.39 is 11.7 Å². The van der Waals surface area contributed by atoms with E-state index in [9.17, 15) is 22.8 Å². The van der Waals surface area contributed by atoms with Gasteiger partial charge >= 0.3 is 6.18 Å². The number of nitrogens with zero attached hydrogens (tertiary/aromatic N) is 1. The van der Waals surface area contributed by atoms with Gasteiger partial charge in [-0.15, -0.1) is 0 Å². The zero-order chi connectivity index (χ0) is 18.6. The average molecular weight is 356 g/mol. The fourth-order valence-electron chi connectivity index (χ4n) is 2.89. The first-order valence-corrected chi connectivity index (χ1v) is 8.42. The Hall–Kier alpha value is -2.05. The summed E-state index contributed by atoms with van der Waals surface area (Å²) in [4.78, 5) is 26.1. The second-order valence-corrected chi connectivity index (χ2v) is 6.82. The van der Waals surface area contributed by atoms with Crippen molar-refractivity contribution < 1.29 is 22.8 Å². The maximum absolute atomic E-state index is 12.7. The van der Waals surface area contributed by atoms with Crippen LogP contribution in [0.5, 0.6) is 0 Å². The van der Waals surface area contributed by atoms with E-state index in [0.717, 1.165) is 12.1 Å². The van der Waals surface area contributed by atoms with Gasteiger partial charge in [0.25, 0.3) is 0 Å². The van der Waals surface area contributed by atoms with Crippen LogP contribution in [0.2, 0.25) is 0 Å². The Labute approximate surface area is 145 Å². The van der Waals surface area contributed by atoms with E-state index in [1.165, 1.54) is 12.1 Å². The normalized spacial score (nSPS) is 16.2. The topological polar surface area (TPSA) is 49.4 Å². The van der Waals surface area contributed by atoms with Crippen molar-refractivity contribution in [2.24, 2.45) is 11.8 Å². The van der Waals surface area contributed by atoms with Crippen LogP contribution in [-0.2, 0) is 15.8 Å². The lowest BCUT2D eigenvalue weighted by Crippen LogP contribution is -2.41. The molecule has 1 saturated heterocycles. The summed E-state index contributed by atoms with van der Waals surface area (Å²) in [5.74, 6) is -0.214. The molecule has 0 spiro atoms. The molecule has 138 valence electrons. The third-order valence-corrected chi connectivity index (χ3v) is 4.26. The van der Waals surface area contributed by atoms with Crippen molar-refractivity contribution in [3.63, 3.8) is 0 Å². The lowest BCUT2D eigenvalue weighted by atomic mass is 9.95. The minimum atomic E-state index is -4.44. The van der Waals surface area contributed by atoms with E-state index in [2.05, 4.69) is 5.32 Å². The zero-order valence-corrected chi connectivity index (χ0v) is 14.4. The van der Waals surface area contributed by atoms with E-state index in [1.54, 1.807) is 4.90 Å². The largest absolute Gasteiger partial charge is 0.416 e. The summed E-state index contributed by atoms with van der Waals surface area (Å²) in [6, 6.07) is 4.60. The number of benzene rings is 1. The molecular weight excluding hydrogens is 333 g/mol. The van der Waals surface area contributed by atoms with Crippen LogP contribution in [0, 0.1) is 11.8 Å². The molecule has 25 heavy (non-hydrogen) atoms. The summed E-state index contributed by atoms with van der Waals surface area (Å²) in [6.07, 6.45) is -2.91. The van der Waals surface area contributed by atoms with Crippen LogP contribution in [0.1, 0.15) is 38.7 Å². The molecule has 1 fully saturated rings. The molecule has 0 atom stereocenters. The van der Waals surface area contributed by atoms with Gasteiger partial charge in [0, 0.05) is 31.1 Å². The highest BCUT2D eigenvalue weighted by Crippen LogP contribution is 2.31. The Morgan fingerprint density at radius 3 is 2.44 bits per heavy atom. The average Bonchev–Trinajstić information content (AvgIpc) is 2.54. The van der Waals surface area contributed by atoms with E-state index in [0.29, 0.717) is 32.4 Å². The molecule has 0 aromatic heterocycles. The molecule has 2 amide bonds. The second kappa shape index (κ2) is 7.89. The number of halogens is 3. The van der Waals surface area contributed by atoms with Crippen LogP contribution in [-0.4, -0.2) is 29.8 Å². The minimum absolute atomic E-state index is 0.0896. The molecule has 0 bridgehead atoms. The van der Waals surface area contributed by atoms with Gasteiger partial charge in [-0.3, -0.25) is 9.59 Å². The summed E-state index contributed by atoms with van der Waals surface area (Å²) < 4.78 is 38.2. The van der Waals surface area contributed by atoms with Crippen LogP contribution in [0.15, 0.2) is 24.3 Å². The maximum atomic E-state index is 12.7. The fraction of sp³-hybridized carbons (Fsp3) is 0.556. The Balaban J connectivity index is 1.90. The zero-order valence-electron chi connectivity index (χ0n) is 14.4. The number of carbonyl (C=O) groups is 2. The van der Waals surface area contributed by atoms with Gasteiger partial charge in [-0.25, -0.2) is 0 Å². The van der Waals surface area contributed by atoms with Gasteiger partial charge in [-0.05, 0) is 37.0 Å². The summed E-state index contributed by atoms with van der Waals surface area (Å²) in [5, 5.41) is 2.56. The minimum Gasteiger partial charge on any atom is -0.343 e. The monoisotopic (exact) mass is 356 g/mol. The standard InChI is InChI=1S/C18H23F3N2O2/c1-12(2)10-16(24)23-8-6-13(7-9-23)17(25)22-15-5-3-4-14(11-15)18(19,20)21/h3-5,11-13H,6-10H2,1-2H3,(H,22,25). The highest BCUT2D eigenvalue weighted by Gasteiger charge is 2.31. The Kier molecular flexibility index (Phi) is 6.08. The van der Waals surface area contributed by atoms with Gasteiger partial charge in [-0.1, -0.05) is 19.9 Å². The fourth-order valence-corrected chi connectivity index (χ4v) is 2.89. The van der Waals surface area contributed by atoms with Crippen LogP contribution in [0.4, 0.5) is 18.9 Å². The van der Waals surface area contributed by atoms with E-state index in [-0.39, 0.29) is 29.3 Å². The summed E-state index contributed by atoms with van der Waals surface area (Å²) >= 11 is 0. The van der Waals surface area contributed by atoms with Gasteiger partial charge in [0.2, 0.25) is 11.8 Å². The molecule has 0 radical (unpaired) electrons. The predicted molar refractivity (Wildman–Crippen MR) is 88.8 cm³/mol. The van der Waals surface area contributed by atoms with Crippen LogP contribution >= 0.6 is 0 Å². The van der Waals surface area contributed by atoms with Gasteiger partial charge in [0.05, 0.1) is 5.56 Å². The van der Waals surface area contributed by atoms with Gasteiger partial charge in [0.1, 0.15) is 0 Å². The number of rotatable bonds is 4. The van der Waals surface area contributed by atoms with Crippen molar-refractivity contribution in [1.82, 2.24) is 4.90 Å². The molecule has 1 aliphatic heterocycles. The van der Waals surface area contributed by atoms with Crippen molar-refractivity contribution in [1.29, 1.82) is 0 Å². The van der Waals surface area contributed by atoms with Crippen molar-refractivity contribution in [3.8, 4) is 0 Å². The number of alkyl halides is 3. The molecule has 1 aromatic carbocycles. The molecule has 0 saturated carbocycles. The molecule has 0 unspecified atom stereocenters. The number of nitrogens with one attached hydrogen (secondary N) is 1. The number of piperidine rings is 1. The lowest BCUT2D eigenvalue weighted by molar-refractivity contribution is -0.137. The first-order valence-electron chi connectivity index (χ1n) is 8.42. The molecule has 2 rings (SSSR count). The maximum Gasteiger partial charge on any atom is 0.416 e. The van der Waals surface area contributed by atoms with Crippen molar-refractivity contribution in [3.05, 3.63) is 29.8 Å². The Morgan fingerprint density at radius 2 is 1.88 bits per heavy atom. The quantitative estimate of drug-likeness (QED) is 0.889. The second-order valence-electron chi connectivity index (χ2n) is 6.82. The highest BCUT2D eigenvalue weighted by molar-refractivity contribution is 5.92. The predicted octanol–water partition coefficient (Wildman–Crippen LogP) is 3.93. The van der Waals surface area contributed by atoms with E-state index in [4.69, 9.17) is 0 Å². The first-order chi connectivity index (χ1) is 11.7. The first kappa shape index (κ1) is 19.3. The van der Waals surface area contributed by atoms with Crippen molar-refractivity contribution in [2.45, 2.75) is 39.3 Å². The smallest absolute Gasteiger partial charge is 0.343 e. The van der Waals surface area contributed by atoms with Crippen LogP contribution < -0.4 is 5.32 Å². The number of amides is 2. The van der Waals surface area contributed by atoms with E-state index >= 15 is 0 Å². The van der Waals surface area contributed by atoms with Gasteiger partial charge < -0.3 is 10.2 Å². The van der Waals surface area contributed by atoms with Crippen molar-refractivity contribution in [2.75, 3.05) is 18.4 Å². The number of hydrogen-bond donors (Lipinski definition) is 1. The summed E-state index contributed by atoms with van der Waals surface area (Å²) in [7, 11) is 0. The molecular formula is C18H23F3N2O2. The lowest BCUT2D eigenvalue weighted by Gasteiger charge is -2.31. The molecule has 4 nitrogen and oxygen atoms in total. The molecule has 1 aromatic rings. The molecule has 7 heteroatoms. The van der Waals surface area contributed by atoms with Gasteiger partial charge in [0.15, 0.2) is 0 Å². The summed E-state index contributed by atoms with van der Waals surface area (Å²) in [6.45, 7) is 4.97. The number of likely N-dealkylation sites (tertiary alicyclic amines) is 1. The third kappa shape index (κ3) is 5.47. The van der Waals surface area contributed by atoms with Crippen LogP contribution in [0.25, 0.3) is 0 Å². The molecule has 1 heterocycles. The number of hydrogen-bond acceptors (Lipinski definition) is 2.